The second-order valence-electron chi connectivity index (χ2n) is 3.72. The molecule has 0 aliphatic carbocycles. The summed E-state index contributed by atoms with van der Waals surface area (Å²) in [5.41, 5.74) is 2.68. The van der Waals surface area contributed by atoms with E-state index in [-0.39, 0.29) is 0 Å². The van der Waals surface area contributed by atoms with Gasteiger partial charge in [-0.2, -0.15) is 5.10 Å². The van der Waals surface area contributed by atoms with Gasteiger partial charge in [0.15, 0.2) is 0 Å². The quantitative estimate of drug-likeness (QED) is 0.813. The zero-order valence-electron chi connectivity index (χ0n) is 9.43. The van der Waals surface area contributed by atoms with Gasteiger partial charge in [-0.25, -0.2) is 9.67 Å². The van der Waals surface area contributed by atoms with Gasteiger partial charge in [0.1, 0.15) is 12.7 Å². The van der Waals surface area contributed by atoms with E-state index in [0.717, 1.165) is 19.5 Å². The Morgan fingerprint density at radius 2 is 2.06 bits per heavy atom. The lowest BCUT2D eigenvalue weighted by Crippen LogP contribution is -2.12. The van der Waals surface area contributed by atoms with Gasteiger partial charge in [-0.05, 0) is 31.1 Å². The fraction of sp³-hybridized carbons (Fsp3) is 0.333. The third kappa shape index (κ3) is 2.67. The fourth-order valence-electron chi connectivity index (χ4n) is 1.70. The lowest BCUT2D eigenvalue weighted by Gasteiger charge is -2.08. The summed E-state index contributed by atoms with van der Waals surface area (Å²) in [4.78, 5) is 3.95. The molecule has 0 atom stereocenters. The van der Waals surface area contributed by atoms with Crippen LogP contribution in [0.4, 0.5) is 0 Å². The largest absolute Gasteiger partial charge is 0.319 e. The standard InChI is InChI=1S/C12H16N4/c1-13-7-6-11-4-2-3-5-12(11)8-16-10-14-9-15-16/h2-5,9-10,13H,6-8H2,1H3. The summed E-state index contributed by atoms with van der Waals surface area (Å²) in [7, 11) is 1.97. The molecule has 0 bridgehead atoms. The Morgan fingerprint density at radius 1 is 1.25 bits per heavy atom. The minimum atomic E-state index is 0.792. The smallest absolute Gasteiger partial charge is 0.137 e. The van der Waals surface area contributed by atoms with Crippen LogP contribution in [0.2, 0.25) is 0 Å². The van der Waals surface area contributed by atoms with Gasteiger partial charge in [-0.15, -0.1) is 0 Å². The number of hydrogen-bond donors (Lipinski definition) is 1. The maximum Gasteiger partial charge on any atom is 0.137 e. The number of nitrogens with one attached hydrogen (secondary N) is 1. The van der Waals surface area contributed by atoms with Gasteiger partial charge < -0.3 is 5.32 Å². The number of aromatic nitrogens is 3. The molecule has 1 aromatic heterocycles. The summed E-state index contributed by atoms with van der Waals surface area (Å²) < 4.78 is 1.85. The van der Waals surface area contributed by atoms with Gasteiger partial charge in [-0.1, -0.05) is 24.3 Å². The van der Waals surface area contributed by atoms with Crippen LogP contribution >= 0.6 is 0 Å². The Labute approximate surface area is 95.3 Å². The molecule has 0 fully saturated rings. The molecule has 0 spiro atoms. The van der Waals surface area contributed by atoms with Crippen molar-refractivity contribution in [1.29, 1.82) is 0 Å². The van der Waals surface area contributed by atoms with Gasteiger partial charge in [0, 0.05) is 0 Å². The lowest BCUT2D eigenvalue weighted by atomic mass is 10.0. The summed E-state index contributed by atoms with van der Waals surface area (Å²) in [5, 5.41) is 7.29. The molecular formula is C12H16N4. The second kappa shape index (κ2) is 5.42. The van der Waals surface area contributed by atoms with Gasteiger partial charge in [-0.3, -0.25) is 0 Å². The first-order valence-corrected chi connectivity index (χ1v) is 5.44. The average Bonchev–Trinajstić information content (AvgIpc) is 2.81. The van der Waals surface area contributed by atoms with Crippen LogP contribution < -0.4 is 5.32 Å². The fourth-order valence-corrected chi connectivity index (χ4v) is 1.70. The summed E-state index contributed by atoms with van der Waals surface area (Å²) in [6.45, 7) is 1.79. The van der Waals surface area contributed by atoms with E-state index >= 15 is 0 Å². The highest BCUT2D eigenvalue weighted by atomic mass is 15.3. The van der Waals surface area contributed by atoms with Crippen LogP contribution in [0, 0.1) is 0 Å². The van der Waals surface area contributed by atoms with Crippen LogP contribution in [0.15, 0.2) is 36.9 Å². The summed E-state index contributed by atoms with van der Waals surface area (Å²) in [6.07, 6.45) is 4.35. The van der Waals surface area contributed by atoms with Gasteiger partial charge in [0.05, 0.1) is 6.54 Å². The molecule has 0 saturated heterocycles. The van der Waals surface area contributed by atoms with Crippen molar-refractivity contribution in [3.8, 4) is 0 Å². The van der Waals surface area contributed by atoms with Crippen LogP contribution in [0.25, 0.3) is 0 Å². The van der Waals surface area contributed by atoms with Crippen molar-refractivity contribution in [3.05, 3.63) is 48.0 Å². The van der Waals surface area contributed by atoms with E-state index in [4.69, 9.17) is 0 Å². The molecular weight excluding hydrogens is 200 g/mol. The normalized spacial score (nSPS) is 10.6. The molecule has 0 aliphatic heterocycles. The first kappa shape index (κ1) is 10.8. The van der Waals surface area contributed by atoms with Crippen LogP contribution in [-0.4, -0.2) is 28.4 Å². The van der Waals surface area contributed by atoms with E-state index in [9.17, 15) is 0 Å². The Morgan fingerprint density at radius 3 is 2.75 bits per heavy atom. The molecule has 4 nitrogen and oxygen atoms in total. The molecule has 0 saturated carbocycles. The first-order valence-electron chi connectivity index (χ1n) is 5.44. The minimum Gasteiger partial charge on any atom is -0.319 e. The van der Waals surface area contributed by atoms with Crippen molar-refractivity contribution in [1.82, 2.24) is 20.1 Å². The highest BCUT2D eigenvalue weighted by Crippen LogP contribution is 2.10. The lowest BCUT2D eigenvalue weighted by molar-refractivity contribution is 0.675. The molecule has 1 N–H and O–H groups in total. The SMILES string of the molecule is CNCCc1ccccc1Cn1cncn1. The summed E-state index contributed by atoms with van der Waals surface area (Å²) in [6, 6.07) is 8.46. The summed E-state index contributed by atoms with van der Waals surface area (Å²) >= 11 is 0. The topological polar surface area (TPSA) is 42.7 Å². The number of nitrogens with zero attached hydrogens (tertiary/aromatic N) is 3. The Bertz CT molecular complexity index is 422. The highest BCUT2D eigenvalue weighted by Gasteiger charge is 2.02. The van der Waals surface area contributed by atoms with Crippen molar-refractivity contribution in [2.45, 2.75) is 13.0 Å². The zero-order chi connectivity index (χ0) is 11.2. The van der Waals surface area contributed by atoms with E-state index in [1.807, 2.05) is 11.7 Å². The van der Waals surface area contributed by atoms with Crippen molar-refractivity contribution in [2.24, 2.45) is 0 Å². The highest BCUT2D eigenvalue weighted by molar-refractivity contribution is 5.27. The third-order valence-electron chi connectivity index (χ3n) is 2.56. The minimum absolute atomic E-state index is 0.792. The molecule has 0 radical (unpaired) electrons. The predicted octanol–water partition coefficient (Wildman–Crippen LogP) is 1.09. The molecule has 2 aromatic rings. The Hall–Kier alpha value is -1.68. The van der Waals surface area contributed by atoms with Gasteiger partial charge in [0.2, 0.25) is 0 Å². The van der Waals surface area contributed by atoms with Crippen molar-refractivity contribution >= 4 is 0 Å². The van der Waals surface area contributed by atoms with Crippen LogP contribution in [0.3, 0.4) is 0 Å². The van der Waals surface area contributed by atoms with Crippen LogP contribution in [-0.2, 0) is 13.0 Å². The number of likely N-dealkylation sites (N-methyl/N-ethyl adjacent to an activating group) is 1. The molecule has 0 amide bonds. The van der Waals surface area contributed by atoms with Gasteiger partial charge in [0.25, 0.3) is 0 Å². The van der Waals surface area contributed by atoms with Crippen LogP contribution in [0.1, 0.15) is 11.1 Å². The third-order valence-corrected chi connectivity index (χ3v) is 2.56. The van der Waals surface area contributed by atoms with Crippen molar-refractivity contribution in [2.75, 3.05) is 13.6 Å². The Balaban J connectivity index is 2.13. The zero-order valence-corrected chi connectivity index (χ0v) is 9.43. The van der Waals surface area contributed by atoms with Crippen molar-refractivity contribution < 1.29 is 0 Å². The number of rotatable bonds is 5. The molecule has 4 heteroatoms. The number of hydrogen-bond acceptors (Lipinski definition) is 3. The van der Waals surface area contributed by atoms with E-state index in [1.165, 1.54) is 11.1 Å². The van der Waals surface area contributed by atoms with Crippen molar-refractivity contribution in [3.63, 3.8) is 0 Å². The molecule has 2 rings (SSSR count). The molecule has 16 heavy (non-hydrogen) atoms. The maximum atomic E-state index is 4.12. The Kier molecular flexibility index (Phi) is 3.66. The van der Waals surface area contributed by atoms with Gasteiger partial charge >= 0.3 is 0 Å². The first-order chi connectivity index (χ1) is 7.90. The molecule has 1 heterocycles. The molecule has 0 aliphatic rings. The predicted molar refractivity (Wildman–Crippen MR) is 63.2 cm³/mol. The average molecular weight is 216 g/mol. The monoisotopic (exact) mass is 216 g/mol. The summed E-state index contributed by atoms with van der Waals surface area (Å²) in [5.74, 6) is 0. The number of benzene rings is 1. The molecule has 1 aromatic carbocycles. The van der Waals surface area contributed by atoms with E-state index in [2.05, 4.69) is 39.7 Å². The van der Waals surface area contributed by atoms with E-state index in [1.54, 1.807) is 12.7 Å². The van der Waals surface area contributed by atoms with Crippen LogP contribution in [0.5, 0.6) is 0 Å². The second-order valence-corrected chi connectivity index (χ2v) is 3.72. The molecule has 0 unspecified atom stereocenters. The molecule has 84 valence electrons. The van der Waals surface area contributed by atoms with E-state index < -0.39 is 0 Å². The maximum absolute atomic E-state index is 4.12. The van der Waals surface area contributed by atoms with E-state index in [0.29, 0.717) is 0 Å².